The van der Waals surface area contributed by atoms with Crippen LogP contribution in [-0.4, -0.2) is 42.4 Å². The van der Waals surface area contributed by atoms with E-state index in [9.17, 15) is 9.59 Å². The third-order valence-corrected chi connectivity index (χ3v) is 5.80. The third kappa shape index (κ3) is 5.76. The van der Waals surface area contributed by atoms with E-state index in [2.05, 4.69) is 12.2 Å². The van der Waals surface area contributed by atoms with Gasteiger partial charge in [0.1, 0.15) is 0 Å². The van der Waals surface area contributed by atoms with Crippen molar-refractivity contribution < 1.29 is 9.59 Å². The van der Waals surface area contributed by atoms with E-state index in [4.69, 9.17) is 5.73 Å². The normalized spacial score (nSPS) is 23.8. The zero-order chi connectivity index (χ0) is 17.4. The van der Waals surface area contributed by atoms with E-state index in [1.54, 1.807) is 0 Å². The van der Waals surface area contributed by atoms with E-state index in [0.29, 0.717) is 31.8 Å². The Morgan fingerprint density at radius 2 is 1.83 bits per heavy atom. The number of carbonyl (C=O) groups excluding carboxylic acids is 2. The summed E-state index contributed by atoms with van der Waals surface area (Å²) in [5, 5.41) is 2.94. The smallest absolute Gasteiger partial charge is 0.223 e. The van der Waals surface area contributed by atoms with Crippen LogP contribution in [0.3, 0.4) is 0 Å². The van der Waals surface area contributed by atoms with Crippen molar-refractivity contribution in [3.8, 4) is 0 Å². The molecular formula is C19H35N3O2. The second kappa shape index (κ2) is 10.0. The minimum absolute atomic E-state index is 0.00829. The van der Waals surface area contributed by atoms with Crippen LogP contribution in [0, 0.1) is 11.8 Å². The summed E-state index contributed by atoms with van der Waals surface area (Å²) in [5.74, 6) is 1.47. The molecule has 24 heavy (non-hydrogen) atoms. The van der Waals surface area contributed by atoms with E-state index >= 15 is 0 Å². The highest BCUT2D eigenvalue weighted by Gasteiger charge is 2.29. The molecule has 1 saturated heterocycles. The first-order valence-corrected chi connectivity index (χ1v) is 9.88. The van der Waals surface area contributed by atoms with Crippen LogP contribution >= 0.6 is 0 Å². The van der Waals surface area contributed by atoms with Crippen molar-refractivity contribution >= 4 is 11.8 Å². The number of piperidine rings is 1. The molecule has 1 heterocycles. The van der Waals surface area contributed by atoms with Crippen LogP contribution in [0.15, 0.2) is 0 Å². The second-order valence-corrected chi connectivity index (χ2v) is 7.66. The Hall–Kier alpha value is -1.10. The second-order valence-electron chi connectivity index (χ2n) is 7.66. The molecule has 5 heteroatoms. The first-order chi connectivity index (χ1) is 11.6. The van der Waals surface area contributed by atoms with E-state index in [0.717, 1.165) is 31.7 Å². The van der Waals surface area contributed by atoms with Crippen LogP contribution in [0.4, 0.5) is 0 Å². The van der Waals surface area contributed by atoms with Gasteiger partial charge in [0.05, 0.1) is 0 Å². The molecule has 2 atom stereocenters. The van der Waals surface area contributed by atoms with Gasteiger partial charge in [-0.3, -0.25) is 9.59 Å². The number of nitrogens with zero attached hydrogens (tertiary/aromatic N) is 1. The topological polar surface area (TPSA) is 75.4 Å². The van der Waals surface area contributed by atoms with Crippen molar-refractivity contribution in [1.29, 1.82) is 0 Å². The van der Waals surface area contributed by atoms with Gasteiger partial charge in [-0.15, -0.1) is 0 Å². The predicted molar refractivity (Wildman–Crippen MR) is 96.4 cm³/mol. The molecule has 0 radical (unpaired) electrons. The molecule has 2 unspecified atom stereocenters. The molecule has 0 bridgehead atoms. The number of carbonyl (C=O) groups is 2. The van der Waals surface area contributed by atoms with Crippen molar-refractivity contribution in [2.24, 2.45) is 17.6 Å². The maximum atomic E-state index is 12.8. The number of nitrogens with one attached hydrogen (secondary N) is 1. The largest absolute Gasteiger partial charge is 0.354 e. The van der Waals surface area contributed by atoms with Gasteiger partial charge in [0, 0.05) is 38.5 Å². The molecule has 1 saturated carbocycles. The lowest BCUT2D eigenvalue weighted by Gasteiger charge is -2.37. The Morgan fingerprint density at radius 3 is 2.54 bits per heavy atom. The highest BCUT2D eigenvalue weighted by Crippen LogP contribution is 2.32. The Balaban J connectivity index is 1.83. The Kier molecular flexibility index (Phi) is 8.03. The molecule has 1 aliphatic carbocycles. The number of rotatable bonds is 7. The van der Waals surface area contributed by atoms with E-state index in [-0.39, 0.29) is 17.9 Å². The molecule has 0 aromatic rings. The van der Waals surface area contributed by atoms with Crippen molar-refractivity contribution in [2.75, 3.05) is 19.6 Å². The average molecular weight is 338 g/mol. The van der Waals surface area contributed by atoms with Crippen LogP contribution in [-0.2, 0) is 9.59 Å². The Labute approximate surface area is 146 Å². The maximum Gasteiger partial charge on any atom is 0.223 e. The Morgan fingerprint density at radius 1 is 1.12 bits per heavy atom. The molecule has 2 aliphatic rings. The van der Waals surface area contributed by atoms with Gasteiger partial charge >= 0.3 is 0 Å². The molecule has 3 N–H and O–H groups in total. The number of nitrogens with two attached hydrogens (primary N) is 1. The lowest BCUT2D eigenvalue weighted by atomic mass is 9.79. The molecule has 2 rings (SSSR count). The number of likely N-dealkylation sites (tertiary alicyclic amines) is 1. The summed E-state index contributed by atoms with van der Waals surface area (Å²) in [4.78, 5) is 26.5. The summed E-state index contributed by atoms with van der Waals surface area (Å²) in [7, 11) is 0. The molecule has 5 nitrogen and oxygen atoms in total. The average Bonchev–Trinajstić information content (AvgIpc) is 2.61. The third-order valence-electron chi connectivity index (χ3n) is 5.80. The standard InChI is InChI=1S/C19H35N3O2/c1-15(16-7-3-2-4-8-16)13-19(24)22-12-6-5-9-17(22)14-21-18(23)10-11-20/h15-17H,2-14,20H2,1H3,(H,21,23). The van der Waals surface area contributed by atoms with Gasteiger partial charge in [0.2, 0.25) is 11.8 Å². The minimum Gasteiger partial charge on any atom is -0.354 e. The highest BCUT2D eigenvalue weighted by molar-refractivity contribution is 5.78. The SMILES string of the molecule is CC(CC(=O)N1CCCCC1CNC(=O)CCN)C1CCCCC1. The highest BCUT2D eigenvalue weighted by atomic mass is 16.2. The van der Waals surface area contributed by atoms with Gasteiger partial charge in [0.15, 0.2) is 0 Å². The van der Waals surface area contributed by atoms with E-state index in [1.165, 1.54) is 32.1 Å². The van der Waals surface area contributed by atoms with Crippen molar-refractivity contribution in [2.45, 2.75) is 77.2 Å². The van der Waals surface area contributed by atoms with Gasteiger partial charge in [0.25, 0.3) is 0 Å². The van der Waals surface area contributed by atoms with Crippen LogP contribution in [0.5, 0.6) is 0 Å². The van der Waals surface area contributed by atoms with Crippen molar-refractivity contribution in [1.82, 2.24) is 10.2 Å². The quantitative estimate of drug-likeness (QED) is 0.749. The fourth-order valence-corrected chi connectivity index (χ4v) is 4.25. The van der Waals surface area contributed by atoms with Gasteiger partial charge in [-0.05, 0) is 31.1 Å². The zero-order valence-corrected chi connectivity index (χ0v) is 15.3. The van der Waals surface area contributed by atoms with Crippen molar-refractivity contribution in [3.05, 3.63) is 0 Å². The fourth-order valence-electron chi connectivity index (χ4n) is 4.25. The summed E-state index contributed by atoms with van der Waals surface area (Å²) < 4.78 is 0. The molecule has 2 amide bonds. The zero-order valence-electron chi connectivity index (χ0n) is 15.3. The summed E-state index contributed by atoms with van der Waals surface area (Å²) in [6, 6.07) is 0.159. The summed E-state index contributed by atoms with van der Waals surface area (Å²) in [5.41, 5.74) is 5.41. The van der Waals surface area contributed by atoms with Crippen molar-refractivity contribution in [3.63, 3.8) is 0 Å². The summed E-state index contributed by atoms with van der Waals surface area (Å²) in [6.45, 7) is 4.03. The van der Waals surface area contributed by atoms with Crippen LogP contribution in [0.2, 0.25) is 0 Å². The molecule has 0 aromatic carbocycles. The summed E-state index contributed by atoms with van der Waals surface area (Å²) in [6.07, 6.45) is 10.8. The van der Waals surface area contributed by atoms with Gasteiger partial charge < -0.3 is 16.0 Å². The molecule has 2 fully saturated rings. The predicted octanol–water partition coefficient (Wildman–Crippen LogP) is 2.44. The van der Waals surface area contributed by atoms with Gasteiger partial charge in [-0.2, -0.15) is 0 Å². The molecule has 1 aliphatic heterocycles. The van der Waals surface area contributed by atoms with E-state index in [1.807, 2.05) is 4.90 Å². The van der Waals surface area contributed by atoms with Gasteiger partial charge in [-0.1, -0.05) is 39.0 Å². The minimum atomic E-state index is -0.00829. The summed E-state index contributed by atoms with van der Waals surface area (Å²) >= 11 is 0. The number of hydrogen-bond donors (Lipinski definition) is 2. The van der Waals surface area contributed by atoms with Gasteiger partial charge in [-0.25, -0.2) is 0 Å². The lowest BCUT2D eigenvalue weighted by molar-refractivity contribution is -0.136. The molecule has 138 valence electrons. The Bertz CT molecular complexity index is 407. The van der Waals surface area contributed by atoms with Crippen LogP contribution in [0.1, 0.15) is 71.1 Å². The van der Waals surface area contributed by atoms with Crippen LogP contribution in [0.25, 0.3) is 0 Å². The maximum absolute atomic E-state index is 12.8. The molecule has 0 aromatic heterocycles. The number of amides is 2. The lowest BCUT2D eigenvalue weighted by Crippen LogP contribution is -2.50. The first kappa shape index (κ1) is 19.2. The monoisotopic (exact) mass is 337 g/mol. The fraction of sp³-hybridized carbons (Fsp3) is 0.895. The molecule has 0 spiro atoms. The van der Waals surface area contributed by atoms with E-state index < -0.39 is 0 Å². The number of hydrogen-bond acceptors (Lipinski definition) is 3. The van der Waals surface area contributed by atoms with Crippen LogP contribution < -0.4 is 11.1 Å². The molecular weight excluding hydrogens is 302 g/mol. The first-order valence-electron chi connectivity index (χ1n) is 9.88.